The van der Waals surface area contributed by atoms with Crippen molar-refractivity contribution >= 4 is 19.4 Å². The average molecular weight is 595 g/mol. The fraction of sp³-hybridized carbons (Fsp3) is 0.750. The zero-order chi connectivity index (χ0) is 30.1. The van der Waals surface area contributed by atoms with Gasteiger partial charge in [0.1, 0.15) is 6.10 Å². The van der Waals surface area contributed by atoms with E-state index in [9.17, 15) is 24.2 Å². The Balaban J connectivity index is 2.06. The quantitative estimate of drug-likeness (QED) is 0.106. The molecule has 0 spiro atoms. The van der Waals surface area contributed by atoms with E-state index in [4.69, 9.17) is 4.52 Å². The van der Waals surface area contributed by atoms with Crippen LogP contribution in [0.4, 0.5) is 0 Å². The molecular weight excluding hydrogens is 539 g/mol. The van der Waals surface area contributed by atoms with Gasteiger partial charge < -0.3 is 20.6 Å². The molecule has 2 amide bonds. The van der Waals surface area contributed by atoms with Gasteiger partial charge in [0, 0.05) is 12.5 Å². The molecule has 8 nitrogen and oxygen atoms in total. The Morgan fingerprint density at radius 1 is 1.02 bits per heavy atom. The molecule has 1 aromatic carbocycles. The van der Waals surface area contributed by atoms with Crippen LogP contribution in [0.3, 0.4) is 0 Å². The lowest BCUT2D eigenvalue weighted by molar-refractivity contribution is -0.130. The van der Waals surface area contributed by atoms with Crippen LogP contribution in [0.25, 0.3) is 0 Å². The van der Waals surface area contributed by atoms with E-state index in [1.54, 1.807) is 6.92 Å². The van der Waals surface area contributed by atoms with Gasteiger partial charge in [0.2, 0.25) is 11.8 Å². The molecule has 234 valence electrons. The molecule has 2 rings (SSSR count). The van der Waals surface area contributed by atoms with Gasteiger partial charge in [0.15, 0.2) is 0 Å². The van der Waals surface area contributed by atoms with Crippen molar-refractivity contribution in [1.82, 2.24) is 10.6 Å². The second kappa shape index (κ2) is 19.5. The lowest BCUT2D eigenvalue weighted by Gasteiger charge is -2.32. The number of unbranched alkanes of at least 4 members (excludes halogenated alkanes) is 2. The van der Waals surface area contributed by atoms with Crippen LogP contribution in [0.15, 0.2) is 30.3 Å². The minimum atomic E-state index is -4.01. The number of hydrogen-bond donors (Lipinski definition) is 4. The van der Waals surface area contributed by atoms with Crippen LogP contribution in [0.2, 0.25) is 0 Å². The topological polar surface area (TPSA) is 125 Å². The summed E-state index contributed by atoms with van der Waals surface area (Å²) >= 11 is 0. The van der Waals surface area contributed by atoms with Crippen molar-refractivity contribution in [2.75, 3.05) is 12.7 Å². The number of carbonyl (C=O) groups excluding carboxylic acids is 2. The van der Waals surface area contributed by atoms with Gasteiger partial charge in [-0.25, -0.2) is 0 Å². The van der Waals surface area contributed by atoms with Crippen LogP contribution in [0.5, 0.6) is 0 Å². The summed E-state index contributed by atoms with van der Waals surface area (Å²) < 4.78 is 18.6. The van der Waals surface area contributed by atoms with Crippen LogP contribution < -0.4 is 10.6 Å². The maximum atomic E-state index is 13.5. The smallest absolute Gasteiger partial charge is 0.328 e. The first kappa shape index (κ1) is 35.5. The molecule has 41 heavy (non-hydrogen) atoms. The molecule has 1 saturated carbocycles. The molecule has 1 unspecified atom stereocenters. The number of aliphatic hydroxyl groups excluding tert-OH is 1. The summed E-state index contributed by atoms with van der Waals surface area (Å²) in [6.07, 6.45) is 9.24. The molecule has 5 atom stereocenters. The van der Waals surface area contributed by atoms with Gasteiger partial charge in [-0.3, -0.25) is 18.7 Å². The van der Waals surface area contributed by atoms with Crippen LogP contribution in [0, 0.1) is 11.8 Å². The average Bonchev–Trinajstić information content (AvgIpc) is 2.95. The Labute approximate surface area is 248 Å². The molecule has 0 aromatic heterocycles. The van der Waals surface area contributed by atoms with E-state index in [1.165, 1.54) is 6.42 Å². The number of hydrogen-bond acceptors (Lipinski definition) is 5. The first-order chi connectivity index (χ1) is 19.6. The summed E-state index contributed by atoms with van der Waals surface area (Å²) in [5.74, 6) is -0.576. The SMILES string of the molecule is CCCCNC(=O)[C@H](C)C[C@H](O)[C@H](CC1CCCCC1)NC(=O)[C@@H](CCCC)OP(=O)(O)CCCc1ccccc1. The minimum Gasteiger partial charge on any atom is -0.391 e. The third-order valence-corrected chi connectivity index (χ3v) is 9.59. The molecule has 1 fully saturated rings. The highest BCUT2D eigenvalue weighted by atomic mass is 31.2. The Hall–Kier alpha value is -1.73. The van der Waals surface area contributed by atoms with Crippen molar-refractivity contribution in [2.24, 2.45) is 11.8 Å². The summed E-state index contributed by atoms with van der Waals surface area (Å²) in [7, 11) is -4.01. The van der Waals surface area contributed by atoms with E-state index in [1.807, 2.05) is 37.3 Å². The first-order valence-electron chi connectivity index (χ1n) is 15.9. The van der Waals surface area contributed by atoms with Crippen molar-refractivity contribution < 1.29 is 28.7 Å². The van der Waals surface area contributed by atoms with E-state index in [-0.39, 0.29) is 18.5 Å². The summed E-state index contributed by atoms with van der Waals surface area (Å²) in [6.45, 7) is 6.47. The molecule has 0 saturated heterocycles. The van der Waals surface area contributed by atoms with Crippen LogP contribution in [0.1, 0.15) is 110 Å². The highest BCUT2D eigenvalue weighted by molar-refractivity contribution is 7.52. The lowest BCUT2D eigenvalue weighted by atomic mass is 9.82. The highest BCUT2D eigenvalue weighted by Crippen LogP contribution is 2.45. The molecular formula is C32H55N2O6P. The summed E-state index contributed by atoms with van der Waals surface area (Å²) in [6, 6.07) is 9.21. The Morgan fingerprint density at radius 3 is 2.37 bits per heavy atom. The van der Waals surface area contributed by atoms with Crippen molar-refractivity contribution in [3.8, 4) is 0 Å². The normalized spacial score (nSPS) is 18.6. The van der Waals surface area contributed by atoms with E-state index < -0.39 is 37.7 Å². The standard InChI is InChI=1S/C32H55N2O6P/c1-4-6-20-30(40-41(38,39)22-14-19-26-15-10-8-11-16-26)32(37)34-28(24-27-17-12-9-13-18-27)29(35)23-25(3)31(36)33-21-7-5-2/h8,10-11,15-16,25,27-30,35H,4-7,9,12-14,17-24H2,1-3H3,(H,33,36)(H,34,37)(H,38,39)/t25-,28+,29+,30-/m1/s1. The van der Waals surface area contributed by atoms with Crippen molar-refractivity contribution in [2.45, 2.75) is 129 Å². The van der Waals surface area contributed by atoms with Crippen molar-refractivity contribution in [1.29, 1.82) is 0 Å². The summed E-state index contributed by atoms with van der Waals surface area (Å²) in [5, 5.41) is 17.2. The molecule has 0 bridgehead atoms. The third kappa shape index (κ3) is 14.3. The molecule has 0 heterocycles. The number of aliphatic hydroxyl groups is 1. The van der Waals surface area contributed by atoms with Gasteiger partial charge in [-0.1, -0.05) is 102 Å². The number of aryl methyl sites for hydroxylation is 1. The molecule has 1 aliphatic rings. The zero-order valence-electron chi connectivity index (χ0n) is 25.6. The fourth-order valence-corrected chi connectivity index (χ4v) is 6.83. The number of benzene rings is 1. The first-order valence-corrected chi connectivity index (χ1v) is 17.7. The van der Waals surface area contributed by atoms with Gasteiger partial charge in [-0.05, 0) is 50.0 Å². The molecule has 1 aromatic rings. The van der Waals surface area contributed by atoms with E-state index in [2.05, 4.69) is 17.6 Å². The van der Waals surface area contributed by atoms with Gasteiger partial charge in [0.05, 0.1) is 18.3 Å². The second-order valence-corrected chi connectivity index (χ2v) is 13.8. The largest absolute Gasteiger partial charge is 0.391 e. The highest BCUT2D eigenvalue weighted by Gasteiger charge is 2.34. The van der Waals surface area contributed by atoms with E-state index in [0.717, 1.165) is 50.5 Å². The second-order valence-electron chi connectivity index (χ2n) is 11.9. The van der Waals surface area contributed by atoms with Crippen molar-refractivity contribution in [3.63, 3.8) is 0 Å². The molecule has 0 aliphatic heterocycles. The summed E-state index contributed by atoms with van der Waals surface area (Å²) in [5.41, 5.74) is 1.08. The van der Waals surface area contributed by atoms with Crippen molar-refractivity contribution in [3.05, 3.63) is 35.9 Å². The van der Waals surface area contributed by atoms with Gasteiger partial charge >= 0.3 is 7.60 Å². The van der Waals surface area contributed by atoms with Crippen LogP contribution in [-0.4, -0.2) is 52.8 Å². The predicted molar refractivity (Wildman–Crippen MR) is 165 cm³/mol. The number of carbonyl (C=O) groups is 2. The predicted octanol–water partition coefficient (Wildman–Crippen LogP) is 6.14. The van der Waals surface area contributed by atoms with E-state index in [0.29, 0.717) is 44.6 Å². The van der Waals surface area contributed by atoms with Gasteiger partial charge in [-0.2, -0.15) is 0 Å². The van der Waals surface area contributed by atoms with Gasteiger partial charge in [0.25, 0.3) is 0 Å². The van der Waals surface area contributed by atoms with Gasteiger partial charge in [-0.15, -0.1) is 0 Å². The molecule has 9 heteroatoms. The number of rotatable bonds is 20. The summed E-state index contributed by atoms with van der Waals surface area (Å²) in [4.78, 5) is 36.7. The zero-order valence-corrected chi connectivity index (χ0v) is 26.5. The fourth-order valence-electron chi connectivity index (χ4n) is 5.57. The van der Waals surface area contributed by atoms with Crippen LogP contribution >= 0.6 is 7.60 Å². The monoisotopic (exact) mass is 594 g/mol. The maximum absolute atomic E-state index is 13.5. The lowest BCUT2D eigenvalue weighted by Crippen LogP contribution is -2.49. The van der Waals surface area contributed by atoms with Crippen LogP contribution in [-0.2, 0) is 25.1 Å². The number of nitrogens with one attached hydrogen (secondary N) is 2. The molecule has 1 aliphatic carbocycles. The number of amides is 2. The Bertz CT molecular complexity index is 924. The molecule has 4 N–H and O–H groups in total. The Morgan fingerprint density at radius 2 is 1.71 bits per heavy atom. The maximum Gasteiger partial charge on any atom is 0.328 e. The molecule has 0 radical (unpaired) electrons. The minimum absolute atomic E-state index is 0.0312. The van der Waals surface area contributed by atoms with E-state index >= 15 is 0 Å². The Kier molecular flexibility index (Phi) is 16.8. The third-order valence-electron chi connectivity index (χ3n) is 8.13.